The predicted octanol–water partition coefficient (Wildman–Crippen LogP) is 1.96. The summed E-state index contributed by atoms with van der Waals surface area (Å²) in [5, 5.41) is 11.9. The molecule has 1 atom stereocenters. The summed E-state index contributed by atoms with van der Waals surface area (Å²) in [5.41, 5.74) is 1.45. The van der Waals surface area contributed by atoms with Gasteiger partial charge in [0.15, 0.2) is 0 Å². The van der Waals surface area contributed by atoms with E-state index in [-0.39, 0.29) is 12.3 Å². The van der Waals surface area contributed by atoms with Gasteiger partial charge < -0.3 is 10.4 Å². The summed E-state index contributed by atoms with van der Waals surface area (Å²) in [6.07, 6.45) is 1.30. The molecule has 0 aliphatic heterocycles. The summed E-state index contributed by atoms with van der Waals surface area (Å²) in [5.74, 6) is -0.211. The Morgan fingerprint density at radius 2 is 2.06 bits per heavy atom. The van der Waals surface area contributed by atoms with Crippen LogP contribution in [0.25, 0.3) is 0 Å². The maximum absolute atomic E-state index is 11.6. The Labute approximate surface area is 106 Å². The molecule has 92 valence electrons. The fourth-order valence-electron chi connectivity index (χ4n) is 1.26. The van der Waals surface area contributed by atoms with Crippen molar-refractivity contribution in [2.45, 2.75) is 24.5 Å². The lowest BCUT2D eigenvalue weighted by Crippen LogP contribution is -2.36. The van der Waals surface area contributed by atoms with Gasteiger partial charge in [0.2, 0.25) is 5.91 Å². The van der Waals surface area contributed by atoms with Gasteiger partial charge in [-0.25, -0.2) is 0 Å². The van der Waals surface area contributed by atoms with Gasteiger partial charge in [0, 0.05) is 4.90 Å². The Morgan fingerprint density at radius 3 is 2.53 bits per heavy atom. The Balaban J connectivity index is 2.53. The quantitative estimate of drug-likeness (QED) is 0.478. The van der Waals surface area contributed by atoms with Crippen molar-refractivity contribution in [2.24, 2.45) is 0 Å². The van der Waals surface area contributed by atoms with Crippen LogP contribution in [0.3, 0.4) is 0 Å². The van der Waals surface area contributed by atoms with Gasteiger partial charge in [0.1, 0.15) is 6.23 Å². The molecule has 17 heavy (non-hydrogen) atoms. The smallest absolute Gasteiger partial charge is 0.226 e. The molecule has 1 amide bonds. The average molecular weight is 251 g/mol. The number of benzene rings is 1. The highest BCUT2D eigenvalue weighted by Crippen LogP contribution is 2.15. The molecule has 2 N–H and O–H groups in total. The lowest BCUT2D eigenvalue weighted by molar-refractivity contribution is -0.122. The number of thioether (sulfide) groups is 1. The molecule has 0 fully saturated rings. The normalized spacial score (nSPS) is 11.9. The van der Waals surface area contributed by atoms with Crippen molar-refractivity contribution >= 4 is 17.7 Å². The summed E-state index contributed by atoms with van der Waals surface area (Å²) >= 11 is 1.66. The minimum absolute atomic E-state index is 0.211. The minimum Gasteiger partial charge on any atom is -0.370 e. The van der Waals surface area contributed by atoms with Gasteiger partial charge in [-0.1, -0.05) is 18.7 Å². The lowest BCUT2D eigenvalue weighted by Gasteiger charge is -2.12. The summed E-state index contributed by atoms with van der Waals surface area (Å²) in [6, 6.07) is 7.78. The number of carbonyl (C=O) groups excluding carboxylic acids is 1. The molecule has 0 bridgehead atoms. The monoisotopic (exact) mass is 251 g/mol. The van der Waals surface area contributed by atoms with E-state index in [1.165, 1.54) is 0 Å². The van der Waals surface area contributed by atoms with E-state index in [0.717, 1.165) is 10.5 Å². The highest BCUT2D eigenvalue weighted by Gasteiger charge is 2.09. The fourth-order valence-corrected chi connectivity index (χ4v) is 1.66. The van der Waals surface area contributed by atoms with Crippen LogP contribution in [-0.4, -0.2) is 23.5 Å². The van der Waals surface area contributed by atoms with E-state index in [9.17, 15) is 9.90 Å². The first kappa shape index (κ1) is 13.8. The van der Waals surface area contributed by atoms with Gasteiger partial charge in [-0.15, -0.1) is 11.8 Å². The van der Waals surface area contributed by atoms with Crippen molar-refractivity contribution in [1.29, 1.82) is 0 Å². The lowest BCUT2D eigenvalue weighted by atomic mass is 10.1. The van der Waals surface area contributed by atoms with E-state index >= 15 is 0 Å². The summed E-state index contributed by atoms with van der Waals surface area (Å²) in [6.45, 7) is 5.24. The number of nitrogens with one attached hydrogen (secondary N) is 1. The van der Waals surface area contributed by atoms with Gasteiger partial charge in [0.25, 0.3) is 0 Å². The van der Waals surface area contributed by atoms with Gasteiger partial charge in [-0.3, -0.25) is 4.79 Å². The maximum atomic E-state index is 11.6. The van der Waals surface area contributed by atoms with Gasteiger partial charge in [-0.05, 0) is 36.4 Å². The maximum Gasteiger partial charge on any atom is 0.226 e. The third-order valence-electron chi connectivity index (χ3n) is 2.29. The Hall–Kier alpha value is -1.26. The van der Waals surface area contributed by atoms with Crippen LogP contribution in [0.2, 0.25) is 0 Å². The van der Waals surface area contributed by atoms with Gasteiger partial charge in [0.05, 0.1) is 6.42 Å². The first-order chi connectivity index (χ1) is 8.02. The molecule has 0 aliphatic rings. The minimum atomic E-state index is -0.965. The number of aliphatic hydroxyl groups excluding tert-OH is 1. The number of aliphatic hydroxyl groups is 1. The van der Waals surface area contributed by atoms with Crippen molar-refractivity contribution < 1.29 is 9.90 Å². The largest absolute Gasteiger partial charge is 0.370 e. The number of hydrogen-bond donors (Lipinski definition) is 2. The molecule has 3 nitrogen and oxygen atoms in total. The Morgan fingerprint density at radius 1 is 1.47 bits per heavy atom. The third kappa shape index (κ3) is 4.63. The molecule has 4 heteroatoms. The molecular weight excluding hydrogens is 234 g/mol. The van der Waals surface area contributed by atoms with Crippen molar-refractivity contribution in [3.63, 3.8) is 0 Å². The van der Waals surface area contributed by atoms with E-state index < -0.39 is 6.23 Å². The van der Waals surface area contributed by atoms with E-state index in [1.807, 2.05) is 30.5 Å². The molecule has 0 saturated heterocycles. The zero-order chi connectivity index (χ0) is 12.8. The van der Waals surface area contributed by atoms with E-state index in [4.69, 9.17) is 0 Å². The van der Waals surface area contributed by atoms with Crippen LogP contribution in [0.5, 0.6) is 0 Å². The molecule has 0 radical (unpaired) electrons. The van der Waals surface area contributed by atoms with E-state index in [1.54, 1.807) is 18.7 Å². The van der Waals surface area contributed by atoms with Crippen molar-refractivity contribution in [3.05, 3.63) is 42.0 Å². The van der Waals surface area contributed by atoms with E-state index in [0.29, 0.717) is 5.57 Å². The second-order valence-corrected chi connectivity index (χ2v) is 4.72. The molecule has 1 unspecified atom stereocenters. The highest BCUT2D eigenvalue weighted by molar-refractivity contribution is 7.98. The first-order valence-electron chi connectivity index (χ1n) is 5.28. The number of hydrogen-bond acceptors (Lipinski definition) is 3. The summed E-state index contributed by atoms with van der Waals surface area (Å²) in [7, 11) is 0. The average Bonchev–Trinajstić information content (AvgIpc) is 2.29. The molecule has 1 aromatic rings. The molecule has 0 aromatic heterocycles. The molecule has 1 rings (SSSR count). The number of rotatable bonds is 5. The fraction of sp³-hybridized carbons (Fsp3) is 0.308. The SMILES string of the molecule is C=C(C)C(O)NC(=O)Cc1ccc(SC)cc1. The Bertz CT molecular complexity index is 400. The van der Waals surface area contributed by atoms with Crippen LogP contribution < -0.4 is 5.32 Å². The summed E-state index contributed by atoms with van der Waals surface area (Å²) in [4.78, 5) is 12.7. The van der Waals surface area contributed by atoms with Crippen molar-refractivity contribution in [3.8, 4) is 0 Å². The first-order valence-corrected chi connectivity index (χ1v) is 6.51. The number of carbonyl (C=O) groups is 1. The van der Waals surface area contributed by atoms with Crippen molar-refractivity contribution in [2.75, 3.05) is 6.26 Å². The predicted molar refractivity (Wildman–Crippen MR) is 70.9 cm³/mol. The molecule has 0 saturated carbocycles. The van der Waals surface area contributed by atoms with Crippen molar-refractivity contribution in [1.82, 2.24) is 5.32 Å². The molecule has 0 aliphatic carbocycles. The topological polar surface area (TPSA) is 49.3 Å². The van der Waals surface area contributed by atoms with Gasteiger partial charge >= 0.3 is 0 Å². The Kier molecular flexibility index (Phi) is 5.25. The molecule has 0 spiro atoms. The second kappa shape index (κ2) is 6.47. The van der Waals surface area contributed by atoms with E-state index in [2.05, 4.69) is 11.9 Å². The van der Waals surface area contributed by atoms with Crippen LogP contribution >= 0.6 is 11.8 Å². The second-order valence-electron chi connectivity index (χ2n) is 3.84. The van der Waals surface area contributed by atoms with Gasteiger partial charge in [-0.2, -0.15) is 0 Å². The highest BCUT2D eigenvalue weighted by atomic mass is 32.2. The summed E-state index contributed by atoms with van der Waals surface area (Å²) < 4.78 is 0. The molecule has 0 heterocycles. The van der Waals surface area contributed by atoms with Crippen LogP contribution in [0, 0.1) is 0 Å². The zero-order valence-electron chi connectivity index (χ0n) is 10.1. The number of amides is 1. The van der Waals surface area contributed by atoms with Crippen LogP contribution in [-0.2, 0) is 11.2 Å². The third-order valence-corrected chi connectivity index (χ3v) is 3.03. The molecular formula is C13H17NO2S. The zero-order valence-corrected chi connectivity index (χ0v) is 10.9. The van der Waals surface area contributed by atoms with Crippen LogP contribution in [0.4, 0.5) is 0 Å². The van der Waals surface area contributed by atoms with Crippen LogP contribution in [0.15, 0.2) is 41.3 Å². The molecule has 1 aromatic carbocycles. The standard InChI is InChI=1S/C13H17NO2S/c1-9(2)13(16)14-12(15)8-10-4-6-11(17-3)7-5-10/h4-7,13,16H,1,8H2,2-3H3,(H,14,15). The van der Waals surface area contributed by atoms with Crippen LogP contribution in [0.1, 0.15) is 12.5 Å².